The van der Waals surface area contributed by atoms with E-state index >= 15 is 0 Å². The zero-order valence-electron chi connectivity index (χ0n) is 18.6. The van der Waals surface area contributed by atoms with Gasteiger partial charge >= 0.3 is 5.97 Å². The SMILES string of the molecule is Cc1cc([C@@H](C)Nc2ccc(C)nc2C(=O)O)c2oc(-c3cncc(F)c3)c(C)c(=O)c2c1. The number of pyridine rings is 2. The number of anilines is 1. The number of carbonyl (C=O) groups is 1. The van der Waals surface area contributed by atoms with Crippen LogP contribution in [0.5, 0.6) is 0 Å². The monoisotopic (exact) mass is 447 g/mol. The Kier molecular flexibility index (Phi) is 5.68. The number of nitrogens with one attached hydrogen (secondary N) is 1. The van der Waals surface area contributed by atoms with E-state index in [1.54, 1.807) is 32.0 Å². The molecule has 0 bridgehead atoms. The fourth-order valence-electron chi connectivity index (χ4n) is 3.85. The van der Waals surface area contributed by atoms with Gasteiger partial charge in [0.05, 0.1) is 23.3 Å². The van der Waals surface area contributed by atoms with Crippen molar-refractivity contribution in [3.8, 4) is 11.3 Å². The lowest BCUT2D eigenvalue weighted by Gasteiger charge is -2.19. The first-order valence-corrected chi connectivity index (χ1v) is 10.3. The highest BCUT2D eigenvalue weighted by molar-refractivity contribution is 5.92. The molecule has 3 aromatic heterocycles. The minimum atomic E-state index is -1.15. The maximum Gasteiger partial charge on any atom is 0.356 e. The number of rotatable bonds is 5. The van der Waals surface area contributed by atoms with E-state index in [1.165, 1.54) is 12.3 Å². The standard InChI is InChI=1S/C25H22FN3O4/c1-12-7-18(15(4)29-20-6-5-13(2)28-21(20)25(31)32)24-19(8-12)22(30)14(3)23(33-24)16-9-17(26)11-27-10-16/h5-11,15,29H,1-4H3,(H,31,32)/t15-/m1/s1. The number of benzene rings is 1. The number of nitrogens with zero attached hydrogens (tertiary/aromatic N) is 2. The van der Waals surface area contributed by atoms with Crippen molar-refractivity contribution in [2.75, 3.05) is 5.32 Å². The number of carboxylic acids is 1. The number of aromatic carboxylic acids is 1. The molecule has 0 unspecified atom stereocenters. The lowest BCUT2D eigenvalue weighted by molar-refractivity contribution is 0.0691. The van der Waals surface area contributed by atoms with Crippen LogP contribution in [-0.4, -0.2) is 21.0 Å². The zero-order valence-corrected chi connectivity index (χ0v) is 18.6. The van der Waals surface area contributed by atoms with Gasteiger partial charge in [0.25, 0.3) is 0 Å². The van der Waals surface area contributed by atoms with Crippen molar-refractivity contribution in [2.45, 2.75) is 33.7 Å². The summed E-state index contributed by atoms with van der Waals surface area (Å²) in [5.41, 5.74) is 3.16. The smallest absolute Gasteiger partial charge is 0.356 e. The van der Waals surface area contributed by atoms with Gasteiger partial charge in [0, 0.05) is 28.6 Å². The Balaban J connectivity index is 1.89. The number of aromatic nitrogens is 2. The molecule has 0 amide bonds. The van der Waals surface area contributed by atoms with E-state index in [4.69, 9.17) is 4.42 Å². The van der Waals surface area contributed by atoms with Crippen molar-refractivity contribution >= 4 is 22.6 Å². The Morgan fingerprint density at radius 1 is 1.15 bits per heavy atom. The first-order valence-electron chi connectivity index (χ1n) is 10.3. The van der Waals surface area contributed by atoms with E-state index in [-0.39, 0.29) is 16.9 Å². The molecule has 0 fully saturated rings. The number of fused-ring (bicyclic) bond motifs is 1. The molecule has 0 radical (unpaired) electrons. The van der Waals surface area contributed by atoms with Crippen molar-refractivity contribution < 1.29 is 18.7 Å². The summed E-state index contributed by atoms with van der Waals surface area (Å²) >= 11 is 0. The maximum absolute atomic E-state index is 13.8. The number of halogens is 1. The topological polar surface area (TPSA) is 105 Å². The molecule has 8 heteroatoms. The Morgan fingerprint density at radius 3 is 2.61 bits per heavy atom. The van der Waals surface area contributed by atoms with Gasteiger partial charge in [-0.3, -0.25) is 9.78 Å². The minimum Gasteiger partial charge on any atom is -0.476 e. The average Bonchev–Trinajstić information content (AvgIpc) is 2.77. The lowest BCUT2D eigenvalue weighted by atomic mass is 9.99. The van der Waals surface area contributed by atoms with Crippen LogP contribution >= 0.6 is 0 Å². The van der Waals surface area contributed by atoms with E-state index in [9.17, 15) is 19.1 Å². The van der Waals surface area contributed by atoms with Crippen LogP contribution in [0.2, 0.25) is 0 Å². The van der Waals surface area contributed by atoms with Gasteiger partial charge in [-0.05, 0) is 57.5 Å². The van der Waals surface area contributed by atoms with E-state index in [0.717, 1.165) is 11.8 Å². The summed E-state index contributed by atoms with van der Waals surface area (Å²) in [4.78, 5) is 32.8. The summed E-state index contributed by atoms with van der Waals surface area (Å²) < 4.78 is 20.0. The van der Waals surface area contributed by atoms with Gasteiger partial charge in [0.2, 0.25) is 0 Å². The van der Waals surface area contributed by atoms with Gasteiger partial charge in [-0.1, -0.05) is 6.07 Å². The van der Waals surface area contributed by atoms with Gasteiger partial charge < -0.3 is 14.8 Å². The second-order valence-electron chi connectivity index (χ2n) is 8.03. The Labute approximate surface area is 188 Å². The van der Waals surface area contributed by atoms with Gasteiger partial charge in [-0.25, -0.2) is 14.2 Å². The highest BCUT2D eigenvalue weighted by Crippen LogP contribution is 2.32. The average molecular weight is 447 g/mol. The summed E-state index contributed by atoms with van der Waals surface area (Å²) in [5.74, 6) is -1.45. The molecule has 4 aromatic rings. The Morgan fingerprint density at radius 2 is 1.91 bits per heavy atom. The van der Waals surface area contributed by atoms with Crippen LogP contribution in [0.25, 0.3) is 22.3 Å². The second kappa shape index (κ2) is 8.46. The highest BCUT2D eigenvalue weighted by atomic mass is 19.1. The molecule has 0 saturated heterocycles. The fraction of sp³-hybridized carbons (Fsp3) is 0.200. The van der Waals surface area contributed by atoms with Crippen LogP contribution in [0.4, 0.5) is 10.1 Å². The molecule has 1 atom stereocenters. The first kappa shape index (κ1) is 22.1. The normalized spacial score (nSPS) is 12.0. The second-order valence-corrected chi connectivity index (χ2v) is 8.03. The van der Waals surface area contributed by atoms with Crippen LogP contribution < -0.4 is 10.7 Å². The van der Waals surface area contributed by atoms with Crippen molar-refractivity contribution in [3.63, 3.8) is 0 Å². The zero-order chi connectivity index (χ0) is 23.9. The molecular weight excluding hydrogens is 425 g/mol. The fourth-order valence-corrected chi connectivity index (χ4v) is 3.85. The molecule has 33 heavy (non-hydrogen) atoms. The molecule has 1 aromatic carbocycles. The van der Waals surface area contributed by atoms with Crippen LogP contribution in [0.3, 0.4) is 0 Å². The van der Waals surface area contributed by atoms with Gasteiger partial charge in [-0.2, -0.15) is 0 Å². The summed E-state index contributed by atoms with van der Waals surface area (Å²) in [5, 5.41) is 13.1. The van der Waals surface area contributed by atoms with Crippen molar-refractivity contribution in [2.24, 2.45) is 0 Å². The largest absolute Gasteiger partial charge is 0.476 e. The maximum atomic E-state index is 13.8. The molecule has 4 rings (SSSR count). The van der Waals surface area contributed by atoms with E-state index in [0.29, 0.717) is 39.0 Å². The summed E-state index contributed by atoms with van der Waals surface area (Å²) in [7, 11) is 0. The molecule has 0 aliphatic heterocycles. The molecule has 0 aliphatic rings. The molecule has 2 N–H and O–H groups in total. The predicted molar refractivity (Wildman–Crippen MR) is 123 cm³/mol. The molecule has 168 valence electrons. The number of aryl methyl sites for hydroxylation is 2. The first-order chi connectivity index (χ1) is 15.7. The number of hydrogen-bond donors (Lipinski definition) is 2. The van der Waals surface area contributed by atoms with Crippen LogP contribution in [0, 0.1) is 26.6 Å². The third-order valence-electron chi connectivity index (χ3n) is 5.43. The molecule has 0 aliphatic carbocycles. The number of carboxylic acid groups (broad SMARTS) is 1. The van der Waals surface area contributed by atoms with Crippen molar-refractivity contribution in [3.05, 3.63) is 86.8 Å². The van der Waals surface area contributed by atoms with E-state index < -0.39 is 17.8 Å². The van der Waals surface area contributed by atoms with Crippen LogP contribution in [-0.2, 0) is 0 Å². The summed E-state index contributed by atoms with van der Waals surface area (Å²) in [6.45, 7) is 7.05. The summed E-state index contributed by atoms with van der Waals surface area (Å²) in [6.07, 6.45) is 2.52. The van der Waals surface area contributed by atoms with Crippen molar-refractivity contribution in [1.29, 1.82) is 0 Å². The lowest BCUT2D eigenvalue weighted by Crippen LogP contribution is -2.15. The molecular formula is C25H22FN3O4. The quantitative estimate of drug-likeness (QED) is 0.434. The Bertz CT molecular complexity index is 1460. The van der Waals surface area contributed by atoms with Gasteiger partial charge in [0.1, 0.15) is 17.2 Å². The molecule has 3 heterocycles. The molecule has 0 spiro atoms. The molecule has 0 saturated carbocycles. The van der Waals surface area contributed by atoms with Gasteiger partial charge in [-0.15, -0.1) is 0 Å². The minimum absolute atomic E-state index is 0.0948. The number of hydrogen-bond acceptors (Lipinski definition) is 6. The van der Waals surface area contributed by atoms with Crippen LogP contribution in [0.1, 0.15) is 45.8 Å². The van der Waals surface area contributed by atoms with Crippen molar-refractivity contribution in [1.82, 2.24) is 9.97 Å². The van der Waals surface area contributed by atoms with Crippen LogP contribution in [0.15, 0.2) is 51.9 Å². The third kappa shape index (κ3) is 4.19. The highest BCUT2D eigenvalue weighted by Gasteiger charge is 2.21. The summed E-state index contributed by atoms with van der Waals surface area (Å²) in [6, 6.07) is 7.82. The third-order valence-corrected chi connectivity index (χ3v) is 5.43. The van der Waals surface area contributed by atoms with E-state index in [1.807, 2.05) is 19.9 Å². The van der Waals surface area contributed by atoms with Gasteiger partial charge in [0.15, 0.2) is 11.1 Å². The molecule has 7 nitrogen and oxygen atoms in total. The van der Waals surface area contributed by atoms with E-state index in [2.05, 4.69) is 15.3 Å². The Hall–Kier alpha value is -4.07. The predicted octanol–water partition coefficient (Wildman–Crippen LogP) is 5.19.